The van der Waals surface area contributed by atoms with Crippen LogP contribution in [0.2, 0.25) is 0 Å². The molecule has 2 aliphatic carbocycles. The van der Waals surface area contributed by atoms with E-state index in [4.69, 9.17) is 0 Å². The van der Waals surface area contributed by atoms with Gasteiger partial charge >= 0.3 is 5.97 Å². The minimum Gasteiger partial charge on any atom is -0.481 e. The number of carboxylic acid groups (broad SMARTS) is 1. The van der Waals surface area contributed by atoms with Gasteiger partial charge in [-0.2, -0.15) is 0 Å². The van der Waals surface area contributed by atoms with Crippen LogP contribution in [0.5, 0.6) is 0 Å². The second-order valence-electron chi connectivity index (χ2n) is 7.54. The van der Waals surface area contributed by atoms with E-state index in [1.54, 1.807) is 18.3 Å². The van der Waals surface area contributed by atoms with Crippen LogP contribution in [0.1, 0.15) is 57.0 Å². The predicted octanol–water partition coefficient (Wildman–Crippen LogP) is 3.49. The highest BCUT2D eigenvalue weighted by atomic mass is 32.1. The summed E-state index contributed by atoms with van der Waals surface area (Å²) in [5.41, 5.74) is -0.325. The molecule has 0 spiro atoms. The first-order valence-corrected chi connectivity index (χ1v) is 9.10. The SMILES string of the molecule is CC1(C)[C@@H](C(=O)Nc2nc3c(s2)CCCC3)CC[C@]1(C)C(=O)O. The molecule has 0 bridgehead atoms. The van der Waals surface area contributed by atoms with Gasteiger partial charge in [-0.05, 0) is 50.9 Å². The number of anilines is 1. The fourth-order valence-corrected chi connectivity index (χ4v) is 4.99. The first-order chi connectivity index (χ1) is 10.8. The van der Waals surface area contributed by atoms with E-state index in [9.17, 15) is 14.7 Å². The second-order valence-corrected chi connectivity index (χ2v) is 8.62. The summed E-state index contributed by atoms with van der Waals surface area (Å²) in [5, 5.41) is 13.2. The quantitative estimate of drug-likeness (QED) is 0.885. The van der Waals surface area contributed by atoms with Gasteiger partial charge in [-0.3, -0.25) is 9.59 Å². The van der Waals surface area contributed by atoms with Gasteiger partial charge < -0.3 is 10.4 Å². The third-order valence-electron chi connectivity index (χ3n) is 6.09. The number of carboxylic acids is 1. The fraction of sp³-hybridized carbons (Fsp3) is 0.706. The van der Waals surface area contributed by atoms with Gasteiger partial charge in [0, 0.05) is 10.8 Å². The Labute approximate surface area is 140 Å². The van der Waals surface area contributed by atoms with E-state index in [-0.39, 0.29) is 11.8 Å². The van der Waals surface area contributed by atoms with Crippen molar-refractivity contribution in [3.8, 4) is 0 Å². The van der Waals surface area contributed by atoms with Gasteiger partial charge in [0.15, 0.2) is 5.13 Å². The van der Waals surface area contributed by atoms with Gasteiger partial charge in [0.1, 0.15) is 0 Å². The molecule has 0 unspecified atom stereocenters. The molecule has 1 fully saturated rings. The number of hydrogen-bond donors (Lipinski definition) is 2. The van der Waals surface area contributed by atoms with Gasteiger partial charge in [0.2, 0.25) is 5.91 Å². The first-order valence-electron chi connectivity index (χ1n) is 8.28. The van der Waals surface area contributed by atoms with Crippen molar-refractivity contribution >= 4 is 28.3 Å². The lowest BCUT2D eigenvalue weighted by Gasteiger charge is -2.37. The molecule has 5 nitrogen and oxygen atoms in total. The summed E-state index contributed by atoms with van der Waals surface area (Å²) in [6.45, 7) is 5.54. The van der Waals surface area contributed by atoms with E-state index in [0.29, 0.717) is 18.0 Å². The number of fused-ring (bicyclic) bond motifs is 1. The lowest BCUT2D eigenvalue weighted by molar-refractivity contribution is -0.154. The summed E-state index contributed by atoms with van der Waals surface area (Å²) in [6, 6.07) is 0. The number of nitrogens with zero attached hydrogens (tertiary/aromatic N) is 1. The van der Waals surface area contributed by atoms with Crippen molar-refractivity contribution in [1.29, 1.82) is 0 Å². The van der Waals surface area contributed by atoms with Crippen LogP contribution in [0.3, 0.4) is 0 Å². The molecule has 2 aliphatic rings. The number of nitrogens with one attached hydrogen (secondary N) is 1. The highest BCUT2D eigenvalue weighted by Crippen LogP contribution is 2.56. The van der Waals surface area contributed by atoms with Gasteiger partial charge in [-0.25, -0.2) is 4.98 Å². The highest BCUT2D eigenvalue weighted by Gasteiger charge is 2.58. The number of aryl methyl sites for hydroxylation is 2. The van der Waals surface area contributed by atoms with Crippen molar-refractivity contribution in [3.05, 3.63) is 10.6 Å². The monoisotopic (exact) mass is 336 g/mol. The number of rotatable bonds is 3. The van der Waals surface area contributed by atoms with Gasteiger partial charge in [-0.1, -0.05) is 13.8 Å². The largest absolute Gasteiger partial charge is 0.481 e. The zero-order valence-corrected chi connectivity index (χ0v) is 14.8. The van der Waals surface area contributed by atoms with E-state index < -0.39 is 16.8 Å². The minimum atomic E-state index is -0.864. The molecule has 6 heteroatoms. The topological polar surface area (TPSA) is 79.3 Å². The van der Waals surface area contributed by atoms with E-state index in [1.165, 1.54) is 11.3 Å². The van der Waals surface area contributed by atoms with Crippen LogP contribution in [0.25, 0.3) is 0 Å². The average Bonchev–Trinajstić information content (AvgIpc) is 2.98. The van der Waals surface area contributed by atoms with Crippen molar-refractivity contribution < 1.29 is 14.7 Å². The van der Waals surface area contributed by atoms with Gasteiger partial charge in [0.05, 0.1) is 11.1 Å². The van der Waals surface area contributed by atoms with Crippen LogP contribution >= 0.6 is 11.3 Å². The lowest BCUT2D eigenvalue weighted by atomic mass is 9.65. The van der Waals surface area contributed by atoms with Crippen molar-refractivity contribution in [1.82, 2.24) is 4.98 Å². The minimum absolute atomic E-state index is 0.0916. The third-order valence-corrected chi connectivity index (χ3v) is 7.16. The Hall–Kier alpha value is -1.43. The van der Waals surface area contributed by atoms with E-state index in [1.807, 2.05) is 13.8 Å². The Balaban J connectivity index is 1.76. The average molecular weight is 336 g/mol. The number of carbonyl (C=O) groups excluding carboxylic acids is 1. The molecule has 1 aromatic heterocycles. The molecule has 23 heavy (non-hydrogen) atoms. The van der Waals surface area contributed by atoms with Gasteiger partial charge in [0.25, 0.3) is 0 Å². The fourth-order valence-electron chi connectivity index (χ4n) is 3.94. The lowest BCUT2D eigenvalue weighted by Crippen LogP contribution is -2.43. The number of aromatic nitrogens is 1. The van der Waals surface area contributed by atoms with Crippen molar-refractivity contribution in [2.75, 3.05) is 5.32 Å². The molecule has 1 heterocycles. The molecule has 0 saturated heterocycles. The Kier molecular flexibility index (Phi) is 3.99. The Bertz CT molecular complexity index is 629. The molecule has 1 saturated carbocycles. The maximum atomic E-state index is 12.7. The third kappa shape index (κ3) is 2.57. The smallest absolute Gasteiger partial charge is 0.309 e. The first kappa shape index (κ1) is 16.4. The Morgan fingerprint density at radius 3 is 2.57 bits per heavy atom. The molecular formula is C17H24N2O3S. The summed E-state index contributed by atoms with van der Waals surface area (Å²) >= 11 is 1.57. The summed E-state index contributed by atoms with van der Waals surface area (Å²) in [7, 11) is 0. The van der Waals surface area contributed by atoms with Crippen molar-refractivity contribution in [2.24, 2.45) is 16.7 Å². The number of aliphatic carboxylic acids is 1. The zero-order valence-electron chi connectivity index (χ0n) is 13.9. The maximum absolute atomic E-state index is 12.7. The van der Waals surface area contributed by atoms with Crippen LogP contribution < -0.4 is 5.32 Å². The van der Waals surface area contributed by atoms with Crippen LogP contribution in [0, 0.1) is 16.7 Å². The molecule has 3 rings (SSSR count). The molecule has 2 N–H and O–H groups in total. The van der Waals surface area contributed by atoms with E-state index in [0.717, 1.165) is 25.0 Å². The molecule has 126 valence electrons. The van der Waals surface area contributed by atoms with E-state index >= 15 is 0 Å². The Morgan fingerprint density at radius 1 is 1.26 bits per heavy atom. The summed E-state index contributed by atoms with van der Waals surface area (Å²) in [6.07, 6.45) is 5.53. The van der Waals surface area contributed by atoms with Crippen molar-refractivity contribution in [2.45, 2.75) is 59.3 Å². The van der Waals surface area contributed by atoms with E-state index in [2.05, 4.69) is 10.3 Å². The summed E-state index contributed by atoms with van der Waals surface area (Å²) in [4.78, 5) is 30.2. The van der Waals surface area contributed by atoms with Crippen LogP contribution in [-0.2, 0) is 22.4 Å². The zero-order chi connectivity index (χ0) is 16.8. The Morgan fingerprint density at radius 2 is 1.96 bits per heavy atom. The number of amides is 1. The second kappa shape index (κ2) is 5.58. The standard InChI is InChI=1S/C17H24N2O3S/c1-16(2)10(8-9-17(16,3)14(21)22)13(20)19-15-18-11-6-4-5-7-12(11)23-15/h10H,4-9H2,1-3H3,(H,21,22)(H,18,19,20)/t10-,17-/m1/s1. The predicted molar refractivity (Wildman–Crippen MR) is 89.6 cm³/mol. The molecular weight excluding hydrogens is 312 g/mol. The maximum Gasteiger partial charge on any atom is 0.309 e. The molecule has 1 amide bonds. The van der Waals surface area contributed by atoms with Crippen LogP contribution in [-0.4, -0.2) is 22.0 Å². The van der Waals surface area contributed by atoms with Gasteiger partial charge in [-0.15, -0.1) is 11.3 Å². The van der Waals surface area contributed by atoms with Crippen LogP contribution in [0.4, 0.5) is 5.13 Å². The normalized spacial score (nSPS) is 29.1. The molecule has 1 aromatic rings. The number of hydrogen-bond acceptors (Lipinski definition) is 4. The van der Waals surface area contributed by atoms with Crippen molar-refractivity contribution in [3.63, 3.8) is 0 Å². The molecule has 0 aliphatic heterocycles. The number of carbonyl (C=O) groups is 2. The summed E-state index contributed by atoms with van der Waals surface area (Å²) in [5.74, 6) is -1.21. The molecule has 0 radical (unpaired) electrons. The summed E-state index contributed by atoms with van der Waals surface area (Å²) < 4.78 is 0. The highest BCUT2D eigenvalue weighted by molar-refractivity contribution is 7.15. The number of thiazole rings is 1. The molecule has 0 aromatic carbocycles. The van der Waals surface area contributed by atoms with Crippen LogP contribution in [0.15, 0.2) is 0 Å². The molecule has 2 atom stereocenters.